The average Bonchev–Trinajstić information content (AvgIpc) is 3.47. The van der Waals surface area contributed by atoms with Gasteiger partial charge in [0.2, 0.25) is 5.91 Å². The summed E-state index contributed by atoms with van der Waals surface area (Å²) < 4.78 is 5.19. The first-order valence-electron chi connectivity index (χ1n) is 8.83. The van der Waals surface area contributed by atoms with Gasteiger partial charge in [0.25, 0.3) is 0 Å². The molecule has 26 heavy (non-hydrogen) atoms. The van der Waals surface area contributed by atoms with Crippen molar-refractivity contribution in [2.24, 2.45) is 0 Å². The molecule has 1 fully saturated rings. The summed E-state index contributed by atoms with van der Waals surface area (Å²) in [5, 5.41) is 2.89. The molecule has 1 saturated carbocycles. The van der Waals surface area contributed by atoms with Gasteiger partial charge in [-0.15, -0.1) is 0 Å². The van der Waals surface area contributed by atoms with Gasteiger partial charge in [0.05, 0.1) is 19.3 Å². The minimum Gasteiger partial charge on any atom is -0.497 e. The molecule has 0 spiro atoms. The Morgan fingerprint density at radius 2 is 1.81 bits per heavy atom. The molecule has 0 bridgehead atoms. The maximum Gasteiger partial charge on any atom is 0.238 e. The lowest BCUT2D eigenvalue weighted by Gasteiger charge is -2.22. The summed E-state index contributed by atoms with van der Waals surface area (Å²) in [6, 6.07) is 15.5. The molecule has 0 heterocycles. The number of methoxy groups -OCH3 is 1. The molecule has 2 aromatic carbocycles. The number of hydrogen-bond donors (Lipinski definition) is 1. The third kappa shape index (κ3) is 4.70. The van der Waals surface area contributed by atoms with Gasteiger partial charge < -0.3 is 10.1 Å². The van der Waals surface area contributed by atoms with Gasteiger partial charge in [-0.2, -0.15) is 0 Å². The zero-order valence-corrected chi connectivity index (χ0v) is 15.2. The largest absolute Gasteiger partial charge is 0.497 e. The van der Waals surface area contributed by atoms with Crippen LogP contribution in [0.15, 0.2) is 48.5 Å². The molecule has 0 saturated heterocycles. The summed E-state index contributed by atoms with van der Waals surface area (Å²) in [5.74, 6) is 0.669. The van der Waals surface area contributed by atoms with E-state index in [9.17, 15) is 9.59 Å². The second-order valence-corrected chi connectivity index (χ2v) is 6.63. The third-order valence-corrected chi connectivity index (χ3v) is 4.54. The zero-order valence-electron chi connectivity index (χ0n) is 15.2. The van der Waals surface area contributed by atoms with Crippen molar-refractivity contribution in [3.63, 3.8) is 0 Å². The van der Waals surface area contributed by atoms with E-state index in [1.165, 1.54) is 6.92 Å². The number of carbonyl (C=O) groups is 2. The van der Waals surface area contributed by atoms with E-state index in [-0.39, 0.29) is 11.7 Å². The van der Waals surface area contributed by atoms with Gasteiger partial charge in [-0.3, -0.25) is 14.5 Å². The summed E-state index contributed by atoms with van der Waals surface area (Å²) in [4.78, 5) is 26.4. The number of anilines is 1. The van der Waals surface area contributed by atoms with Crippen LogP contribution in [-0.4, -0.2) is 36.3 Å². The second kappa shape index (κ2) is 8.15. The summed E-state index contributed by atoms with van der Waals surface area (Å²) >= 11 is 0. The lowest BCUT2D eigenvalue weighted by molar-refractivity contribution is -0.117. The molecule has 0 unspecified atom stereocenters. The number of Topliss-reactive ketones (excluding diaryl/α,β-unsaturated/α-hetero) is 1. The molecule has 5 heteroatoms. The number of carbonyl (C=O) groups excluding carboxylic acids is 2. The normalized spacial score (nSPS) is 13.5. The summed E-state index contributed by atoms with van der Waals surface area (Å²) in [6.07, 6.45) is 2.24. The molecule has 3 rings (SSSR count). The van der Waals surface area contributed by atoms with Crippen LogP contribution >= 0.6 is 0 Å². The standard InChI is InChI=1S/C21H24N2O3/c1-15(24)19-5-3-4-6-20(19)22-21(25)14-23(17-9-10-17)13-16-7-11-18(26-2)12-8-16/h3-8,11-12,17H,9-10,13-14H2,1-2H3,(H,22,25). The van der Waals surface area contributed by atoms with E-state index in [1.54, 1.807) is 25.3 Å². The number of amides is 1. The van der Waals surface area contributed by atoms with Crippen molar-refractivity contribution in [3.8, 4) is 5.75 Å². The molecule has 1 N–H and O–H groups in total. The van der Waals surface area contributed by atoms with E-state index in [2.05, 4.69) is 10.2 Å². The van der Waals surface area contributed by atoms with Crippen molar-refractivity contribution in [2.75, 3.05) is 19.0 Å². The highest BCUT2D eigenvalue weighted by molar-refractivity contribution is 6.04. The predicted molar refractivity (Wildman–Crippen MR) is 102 cm³/mol. The fraction of sp³-hybridized carbons (Fsp3) is 0.333. The van der Waals surface area contributed by atoms with Crippen LogP contribution in [0.4, 0.5) is 5.69 Å². The van der Waals surface area contributed by atoms with E-state index in [0.29, 0.717) is 23.8 Å². The van der Waals surface area contributed by atoms with Gasteiger partial charge in [0.1, 0.15) is 5.75 Å². The quantitative estimate of drug-likeness (QED) is 0.739. The molecule has 1 aliphatic carbocycles. The minimum atomic E-state index is -0.0980. The van der Waals surface area contributed by atoms with Gasteiger partial charge in [0.15, 0.2) is 5.78 Å². The molecule has 0 atom stereocenters. The highest BCUT2D eigenvalue weighted by atomic mass is 16.5. The number of rotatable bonds is 8. The average molecular weight is 352 g/mol. The van der Waals surface area contributed by atoms with Crippen molar-refractivity contribution in [1.29, 1.82) is 0 Å². The first-order valence-corrected chi connectivity index (χ1v) is 8.83. The van der Waals surface area contributed by atoms with Gasteiger partial charge >= 0.3 is 0 Å². The van der Waals surface area contributed by atoms with Crippen LogP contribution in [0.1, 0.15) is 35.7 Å². The van der Waals surface area contributed by atoms with Crippen LogP contribution in [0.25, 0.3) is 0 Å². The number of ketones is 1. The van der Waals surface area contributed by atoms with E-state index in [4.69, 9.17) is 4.74 Å². The number of hydrogen-bond acceptors (Lipinski definition) is 4. The molecule has 1 aliphatic rings. The van der Waals surface area contributed by atoms with Crippen LogP contribution in [0.2, 0.25) is 0 Å². The predicted octanol–water partition coefficient (Wildman–Crippen LogP) is 3.50. The Hall–Kier alpha value is -2.66. The molecule has 136 valence electrons. The van der Waals surface area contributed by atoms with Crippen LogP contribution < -0.4 is 10.1 Å². The van der Waals surface area contributed by atoms with Crippen LogP contribution in [-0.2, 0) is 11.3 Å². The molecule has 0 radical (unpaired) electrons. The van der Waals surface area contributed by atoms with Gasteiger partial charge in [0, 0.05) is 18.2 Å². The number of ether oxygens (including phenoxy) is 1. The molecular weight excluding hydrogens is 328 g/mol. The van der Waals surface area contributed by atoms with Crippen LogP contribution in [0.5, 0.6) is 5.75 Å². The SMILES string of the molecule is COc1ccc(CN(CC(=O)Nc2ccccc2C(C)=O)C2CC2)cc1. The van der Waals surface area contributed by atoms with E-state index in [1.807, 2.05) is 30.3 Å². The van der Waals surface area contributed by atoms with E-state index in [0.717, 1.165) is 30.7 Å². The Kier molecular flexibility index (Phi) is 5.68. The summed E-state index contributed by atoms with van der Waals surface area (Å²) in [6.45, 7) is 2.53. The van der Waals surface area contributed by atoms with Gasteiger partial charge in [-0.25, -0.2) is 0 Å². The molecule has 2 aromatic rings. The van der Waals surface area contributed by atoms with Crippen molar-refractivity contribution in [3.05, 3.63) is 59.7 Å². The van der Waals surface area contributed by atoms with Crippen molar-refractivity contribution >= 4 is 17.4 Å². The highest BCUT2D eigenvalue weighted by Crippen LogP contribution is 2.28. The lowest BCUT2D eigenvalue weighted by atomic mass is 10.1. The number of benzene rings is 2. The smallest absolute Gasteiger partial charge is 0.238 e. The topological polar surface area (TPSA) is 58.6 Å². The van der Waals surface area contributed by atoms with E-state index < -0.39 is 0 Å². The van der Waals surface area contributed by atoms with Gasteiger partial charge in [-0.1, -0.05) is 24.3 Å². The summed E-state index contributed by atoms with van der Waals surface area (Å²) in [5.41, 5.74) is 2.26. The maximum absolute atomic E-state index is 12.5. The number of nitrogens with zero attached hydrogens (tertiary/aromatic N) is 1. The zero-order chi connectivity index (χ0) is 18.5. The van der Waals surface area contributed by atoms with Crippen molar-refractivity contribution < 1.29 is 14.3 Å². The Morgan fingerprint density at radius 1 is 1.12 bits per heavy atom. The Labute approximate surface area is 154 Å². The number of para-hydroxylation sites is 1. The second-order valence-electron chi connectivity index (χ2n) is 6.63. The Balaban J connectivity index is 1.64. The monoisotopic (exact) mass is 352 g/mol. The maximum atomic E-state index is 12.5. The highest BCUT2D eigenvalue weighted by Gasteiger charge is 2.30. The van der Waals surface area contributed by atoms with Crippen molar-refractivity contribution in [2.45, 2.75) is 32.4 Å². The van der Waals surface area contributed by atoms with Crippen molar-refractivity contribution in [1.82, 2.24) is 4.90 Å². The molecule has 0 aliphatic heterocycles. The molecule has 5 nitrogen and oxygen atoms in total. The minimum absolute atomic E-state index is 0.0572. The van der Waals surface area contributed by atoms with E-state index >= 15 is 0 Å². The first-order chi connectivity index (χ1) is 12.6. The fourth-order valence-electron chi connectivity index (χ4n) is 2.99. The van der Waals surface area contributed by atoms with Crippen LogP contribution in [0.3, 0.4) is 0 Å². The molecule has 1 amide bonds. The molecular formula is C21H24N2O3. The molecule has 0 aromatic heterocycles. The van der Waals surface area contributed by atoms with Crippen LogP contribution in [0, 0.1) is 0 Å². The fourth-order valence-corrected chi connectivity index (χ4v) is 2.99. The summed E-state index contributed by atoms with van der Waals surface area (Å²) in [7, 11) is 1.65. The first kappa shape index (κ1) is 18.1. The Bertz CT molecular complexity index is 782. The Morgan fingerprint density at radius 3 is 2.42 bits per heavy atom. The lowest BCUT2D eigenvalue weighted by Crippen LogP contribution is -2.34. The number of nitrogens with one attached hydrogen (secondary N) is 1. The van der Waals surface area contributed by atoms with Gasteiger partial charge in [-0.05, 0) is 49.6 Å². The third-order valence-electron chi connectivity index (χ3n) is 4.54.